The first-order chi connectivity index (χ1) is 7.04. The standard InChI is InChI=1S/C8H10N2O4S/c1-14-8(11)3-6(9)5-2-7(10(12)13)15-4-5/h2,4,6H,3,9H2,1H3/t6-/m1/s1. The van der Waals surface area contributed by atoms with Gasteiger partial charge in [-0.25, -0.2) is 0 Å². The van der Waals surface area contributed by atoms with Gasteiger partial charge in [0, 0.05) is 17.5 Å². The Balaban J connectivity index is 2.69. The highest BCUT2D eigenvalue weighted by molar-refractivity contribution is 7.13. The van der Waals surface area contributed by atoms with E-state index >= 15 is 0 Å². The molecule has 0 fully saturated rings. The Morgan fingerprint density at radius 3 is 2.93 bits per heavy atom. The van der Waals surface area contributed by atoms with Crippen LogP contribution < -0.4 is 5.73 Å². The molecule has 2 N–H and O–H groups in total. The Morgan fingerprint density at radius 2 is 2.47 bits per heavy atom. The summed E-state index contributed by atoms with van der Waals surface area (Å²) in [5.41, 5.74) is 6.25. The average Bonchev–Trinajstić information content (AvgIpc) is 2.66. The predicted molar refractivity (Wildman–Crippen MR) is 54.5 cm³/mol. The van der Waals surface area contributed by atoms with E-state index in [1.165, 1.54) is 13.2 Å². The molecule has 82 valence electrons. The van der Waals surface area contributed by atoms with E-state index in [9.17, 15) is 14.9 Å². The molecule has 1 aromatic heterocycles. The molecule has 1 aromatic rings. The van der Waals surface area contributed by atoms with Gasteiger partial charge in [0.25, 0.3) is 0 Å². The highest BCUT2D eigenvalue weighted by Crippen LogP contribution is 2.27. The number of carbonyl (C=O) groups excluding carboxylic acids is 1. The van der Waals surface area contributed by atoms with Crippen LogP contribution in [0.4, 0.5) is 5.00 Å². The van der Waals surface area contributed by atoms with Gasteiger partial charge >= 0.3 is 11.0 Å². The van der Waals surface area contributed by atoms with Gasteiger partial charge in [-0.05, 0) is 5.56 Å². The van der Waals surface area contributed by atoms with Gasteiger partial charge in [0.15, 0.2) is 0 Å². The number of ether oxygens (including phenoxy) is 1. The third-order valence-corrected chi connectivity index (χ3v) is 2.73. The first-order valence-corrected chi connectivity index (χ1v) is 4.97. The van der Waals surface area contributed by atoms with E-state index in [1.807, 2.05) is 0 Å². The van der Waals surface area contributed by atoms with E-state index in [1.54, 1.807) is 5.38 Å². The number of nitro groups is 1. The summed E-state index contributed by atoms with van der Waals surface area (Å²) in [6.45, 7) is 0. The smallest absolute Gasteiger partial charge is 0.324 e. The number of methoxy groups -OCH3 is 1. The Bertz CT molecular complexity index is 376. The lowest BCUT2D eigenvalue weighted by Gasteiger charge is -2.06. The van der Waals surface area contributed by atoms with Crippen LogP contribution in [0.1, 0.15) is 18.0 Å². The Kier molecular flexibility index (Phi) is 3.75. The number of nitrogens with zero attached hydrogens (tertiary/aromatic N) is 1. The lowest BCUT2D eigenvalue weighted by atomic mass is 10.1. The van der Waals surface area contributed by atoms with Crippen molar-refractivity contribution < 1.29 is 14.5 Å². The van der Waals surface area contributed by atoms with Crippen molar-refractivity contribution in [2.24, 2.45) is 5.73 Å². The summed E-state index contributed by atoms with van der Waals surface area (Å²) >= 11 is 0.989. The number of hydrogen-bond acceptors (Lipinski definition) is 6. The SMILES string of the molecule is COC(=O)C[C@@H](N)c1csc([N+](=O)[O-])c1. The molecule has 1 atom stereocenters. The Morgan fingerprint density at radius 1 is 1.80 bits per heavy atom. The van der Waals surface area contributed by atoms with Crippen LogP contribution in [0.15, 0.2) is 11.4 Å². The fraction of sp³-hybridized carbons (Fsp3) is 0.375. The molecular weight excluding hydrogens is 220 g/mol. The largest absolute Gasteiger partial charge is 0.469 e. The van der Waals surface area contributed by atoms with E-state index in [-0.39, 0.29) is 11.4 Å². The molecule has 1 heterocycles. The van der Waals surface area contributed by atoms with E-state index < -0.39 is 16.9 Å². The van der Waals surface area contributed by atoms with Gasteiger partial charge in [0.1, 0.15) is 0 Å². The molecule has 1 rings (SSSR count). The van der Waals surface area contributed by atoms with Gasteiger partial charge in [-0.1, -0.05) is 11.3 Å². The van der Waals surface area contributed by atoms with E-state index in [0.717, 1.165) is 11.3 Å². The summed E-state index contributed by atoms with van der Waals surface area (Å²) in [5, 5.41) is 12.0. The van der Waals surface area contributed by atoms with Crippen LogP contribution in [0.5, 0.6) is 0 Å². The number of carbonyl (C=O) groups is 1. The molecule has 0 spiro atoms. The van der Waals surface area contributed by atoms with Crippen molar-refractivity contribution in [3.05, 3.63) is 27.1 Å². The van der Waals surface area contributed by atoms with E-state index in [4.69, 9.17) is 5.73 Å². The molecule has 0 aliphatic rings. The predicted octanol–water partition coefficient (Wildman–Crippen LogP) is 1.22. The van der Waals surface area contributed by atoms with Crippen molar-refractivity contribution in [3.63, 3.8) is 0 Å². The van der Waals surface area contributed by atoms with Crippen LogP contribution >= 0.6 is 11.3 Å². The molecule has 6 nitrogen and oxygen atoms in total. The molecule has 7 heteroatoms. The minimum Gasteiger partial charge on any atom is -0.469 e. The quantitative estimate of drug-likeness (QED) is 0.476. The molecule has 15 heavy (non-hydrogen) atoms. The number of rotatable bonds is 4. The third-order valence-electron chi connectivity index (χ3n) is 1.83. The zero-order chi connectivity index (χ0) is 11.4. The molecule has 0 radical (unpaired) electrons. The topological polar surface area (TPSA) is 95.5 Å². The van der Waals surface area contributed by atoms with Crippen LogP contribution in [-0.2, 0) is 9.53 Å². The minimum atomic E-state index is -0.553. The zero-order valence-electron chi connectivity index (χ0n) is 8.00. The molecule has 0 bridgehead atoms. The molecule has 0 aliphatic carbocycles. The summed E-state index contributed by atoms with van der Waals surface area (Å²) in [7, 11) is 1.27. The first kappa shape index (κ1) is 11.6. The summed E-state index contributed by atoms with van der Waals surface area (Å²) in [6, 6.07) is 0.820. The summed E-state index contributed by atoms with van der Waals surface area (Å²) in [5.74, 6) is -0.434. The second-order valence-electron chi connectivity index (χ2n) is 2.86. The Hall–Kier alpha value is -1.47. The Labute approximate surface area is 89.8 Å². The highest BCUT2D eigenvalue weighted by atomic mass is 32.1. The van der Waals surface area contributed by atoms with Crippen LogP contribution in [0.3, 0.4) is 0 Å². The van der Waals surface area contributed by atoms with E-state index in [0.29, 0.717) is 5.56 Å². The zero-order valence-corrected chi connectivity index (χ0v) is 8.82. The number of thiophene rings is 1. The first-order valence-electron chi connectivity index (χ1n) is 4.09. The van der Waals surface area contributed by atoms with Gasteiger partial charge in [-0.3, -0.25) is 14.9 Å². The van der Waals surface area contributed by atoms with Gasteiger partial charge in [-0.15, -0.1) is 0 Å². The van der Waals surface area contributed by atoms with Crippen LogP contribution in [0.25, 0.3) is 0 Å². The highest BCUT2D eigenvalue weighted by Gasteiger charge is 2.17. The maximum atomic E-state index is 10.9. The molecule has 0 saturated heterocycles. The van der Waals surface area contributed by atoms with Crippen molar-refractivity contribution >= 4 is 22.3 Å². The van der Waals surface area contributed by atoms with E-state index in [2.05, 4.69) is 4.74 Å². The summed E-state index contributed by atoms with van der Waals surface area (Å²) < 4.78 is 4.45. The fourth-order valence-electron chi connectivity index (χ4n) is 1.01. The molecule has 0 aliphatic heterocycles. The maximum absolute atomic E-state index is 10.9. The van der Waals surface area contributed by atoms with Crippen molar-refractivity contribution in [3.8, 4) is 0 Å². The molecule has 0 saturated carbocycles. The third kappa shape index (κ3) is 3.00. The second-order valence-corrected chi connectivity index (χ2v) is 3.75. The number of esters is 1. The lowest BCUT2D eigenvalue weighted by molar-refractivity contribution is -0.380. The summed E-state index contributed by atoms with van der Waals surface area (Å²) in [6.07, 6.45) is 0.0182. The van der Waals surface area contributed by atoms with Crippen LogP contribution in [-0.4, -0.2) is 18.0 Å². The normalized spacial score (nSPS) is 12.1. The lowest BCUT2D eigenvalue weighted by Crippen LogP contribution is -2.15. The number of hydrogen-bond donors (Lipinski definition) is 1. The van der Waals surface area contributed by atoms with Crippen LogP contribution in [0.2, 0.25) is 0 Å². The van der Waals surface area contributed by atoms with Crippen molar-refractivity contribution in [2.45, 2.75) is 12.5 Å². The molecule has 0 aromatic carbocycles. The van der Waals surface area contributed by atoms with Crippen LogP contribution in [0, 0.1) is 10.1 Å². The minimum absolute atomic E-state index is 0.0182. The van der Waals surface area contributed by atoms with Gasteiger partial charge in [0.05, 0.1) is 18.5 Å². The van der Waals surface area contributed by atoms with Crippen molar-refractivity contribution in [2.75, 3.05) is 7.11 Å². The molecular formula is C8H10N2O4S. The fourth-order valence-corrected chi connectivity index (χ4v) is 1.80. The van der Waals surface area contributed by atoms with Gasteiger partial charge in [0.2, 0.25) is 0 Å². The maximum Gasteiger partial charge on any atom is 0.324 e. The second kappa shape index (κ2) is 4.85. The van der Waals surface area contributed by atoms with Crippen molar-refractivity contribution in [1.82, 2.24) is 0 Å². The average molecular weight is 230 g/mol. The number of nitrogens with two attached hydrogens (primary N) is 1. The summed E-state index contributed by atoms with van der Waals surface area (Å²) in [4.78, 5) is 20.8. The monoisotopic (exact) mass is 230 g/mol. The van der Waals surface area contributed by atoms with Gasteiger partial charge in [-0.2, -0.15) is 0 Å². The van der Waals surface area contributed by atoms with Crippen molar-refractivity contribution in [1.29, 1.82) is 0 Å². The molecule has 0 amide bonds. The molecule has 0 unspecified atom stereocenters. The van der Waals surface area contributed by atoms with Gasteiger partial charge < -0.3 is 10.5 Å².